The molecule has 142 valence electrons. The molecule has 0 unspecified atom stereocenters. The number of halogens is 1. The van der Waals surface area contributed by atoms with Gasteiger partial charge in [-0.05, 0) is 36.2 Å². The number of hydrogen-bond acceptors (Lipinski definition) is 3. The van der Waals surface area contributed by atoms with Crippen LogP contribution in [0.1, 0.15) is 12.0 Å². The molecular weight excluding hydrogens is 345 g/mol. The number of anilines is 1. The highest BCUT2D eigenvalue weighted by molar-refractivity contribution is 5.94. The van der Waals surface area contributed by atoms with E-state index in [1.165, 1.54) is 12.1 Å². The lowest BCUT2D eigenvalue weighted by atomic mass is 10.1. The maximum absolute atomic E-state index is 13.3. The Labute approximate surface area is 158 Å². The average molecular weight is 369 g/mol. The van der Waals surface area contributed by atoms with Gasteiger partial charge in [-0.25, -0.2) is 4.39 Å². The summed E-state index contributed by atoms with van der Waals surface area (Å²) in [5.74, 6) is 1.87. The first kappa shape index (κ1) is 18.8. The van der Waals surface area contributed by atoms with E-state index in [2.05, 4.69) is 22.2 Å². The van der Waals surface area contributed by atoms with Gasteiger partial charge in [-0.15, -0.1) is 6.58 Å². The highest BCUT2D eigenvalue weighted by Gasteiger charge is 2.11. The van der Waals surface area contributed by atoms with Crippen molar-refractivity contribution in [3.63, 3.8) is 0 Å². The van der Waals surface area contributed by atoms with Crippen LogP contribution in [0, 0.1) is 5.82 Å². The highest BCUT2D eigenvalue weighted by Crippen LogP contribution is 2.32. The number of ether oxygens (including phenoxy) is 2. The summed E-state index contributed by atoms with van der Waals surface area (Å²) in [7, 11) is 0. The van der Waals surface area contributed by atoms with Crippen LogP contribution in [-0.2, 0) is 6.42 Å². The van der Waals surface area contributed by atoms with Gasteiger partial charge >= 0.3 is 0 Å². The van der Waals surface area contributed by atoms with Gasteiger partial charge in [0.15, 0.2) is 17.5 Å². The predicted molar refractivity (Wildman–Crippen MR) is 106 cm³/mol. The summed E-state index contributed by atoms with van der Waals surface area (Å²) in [6.45, 7) is 6.13. The Hall–Kier alpha value is -3.02. The molecule has 0 saturated heterocycles. The quantitative estimate of drug-likeness (QED) is 0.462. The molecule has 0 atom stereocenters. The Morgan fingerprint density at radius 1 is 1.15 bits per heavy atom. The second-order valence-corrected chi connectivity index (χ2v) is 6.12. The highest BCUT2D eigenvalue weighted by atomic mass is 19.1. The lowest BCUT2D eigenvalue weighted by Gasteiger charge is -2.14. The van der Waals surface area contributed by atoms with Gasteiger partial charge < -0.3 is 20.1 Å². The molecule has 0 saturated carbocycles. The fraction of sp³-hybridized carbons (Fsp3) is 0.286. The molecule has 1 aliphatic rings. The smallest absolute Gasteiger partial charge is 0.196 e. The molecule has 0 spiro atoms. The first-order valence-electron chi connectivity index (χ1n) is 9.05. The number of fused-ring (bicyclic) bond motifs is 1. The summed E-state index contributed by atoms with van der Waals surface area (Å²) in [6, 6.07) is 12.3. The van der Waals surface area contributed by atoms with Crippen LogP contribution in [0.2, 0.25) is 0 Å². The van der Waals surface area contributed by atoms with Gasteiger partial charge in [0.05, 0.1) is 13.2 Å². The van der Waals surface area contributed by atoms with Crippen molar-refractivity contribution in [3.05, 3.63) is 66.5 Å². The van der Waals surface area contributed by atoms with Gasteiger partial charge in [0, 0.05) is 31.3 Å². The standard InChI is InChI=1S/C21H24FN3O2/c1-2-10-23-21(24-11-9-16-5-3-6-17(22)14-16)25-18-7-8-19-20(15-18)27-13-4-12-26-19/h2-3,5-8,14-15H,1,4,9-13H2,(H2,23,24,25). The van der Waals surface area contributed by atoms with Crippen molar-refractivity contribution in [1.82, 2.24) is 5.32 Å². The zero-order chi connectivity index (χ0) is 18.9. The molecule has 6 heteroatoms. The Kier molecular flexibility index (Phi) is 6.68. The van der Waals surface area contributed by atoms with Crippen LogP contribution in [-0.4, -0.2) is 32.3 Å². The van der Waals surface area contributed by atoms with Crippen LogP contribution in [0.15, 0.2) is 60.1 Å². The molecule has 5 nitrogen and oxygen atoms in total. The first-order valence-corrected chi connectivity index (χ1v) is 9.05. The fourth-order valence-electron chi connectivity index (χ4n) is 2.68. The van der Waals surface area contributed by atoms with Crippen LogP contribution >= 0.6 is 0 Å². The Morgan fingerprint density at radius 2 is 2.00 bits per heavy atom. The van der Waals surface area contributed by atoms with Crippen molar-refractivity contribution >= 4 is 11.6 Å². The molecule has 0 amide bonds. The lowest BCUT2D eigenvalue weighted by Crippen LogP contribution is -2.31. The molecule has 0 fully saturated rings. The summed E-state index contributed by atoms with van der Waals surface area (Å²) >= 11 is 0. The molecule has 0 aliphatic carbocycles. The van der Waals surface area contributed by atoms with Crippen LogP contribution in [0.4, 0.5) is 10.1 Å². The minimum absolute atomic E-state index is 0.230. The van der Waals surface area contributed by atoms with Crippen LogP contribution < -0.4 is 20.1 Å². The molecule has 0 bridgehead atoms. The molecule has 2 N–H and O–H groups in total. The van der Waals surface area contributed by atoms with Gasteiger partial charge in [0.1, 0.15) is 5.82 Å². The Morgan fingerprint density at radius 3 is 2.81 bits per heavy atom. The molecule has 0 radical (unpaired) electrons. The minimum atomic E-state index is -0.230. The molecule has 2 aromatic rings. The van der Waals surface area contributed by atoms with Gasteiger partial charge in [-0.3, -0.25) is 4.99 Å². The molecular formula is C21H24FN3O2. The monoisotopic (exact) mass is 369 g/mol. The average Bonchev–Trinajstić information content (AvgIpc) is 2.91. The van der Waals surface area contributed by atoms with Crippen molar-refractivity contribution in [1.29, 1.82) is 0 Å². The largest absolute Gasteiger partial charge is 0.490 e. The third kappa shape index (κ3) is 5.74. The number of benzene rings is 2. The molecule has 2 aromatic carbocycles. The Balaban J connectivity index is 1.67. The van der Waals surface area contributed by atoms with E-state index in [1.807, 2.05) is 24.3 Å². The van der Waals surface area contributed by atoms with Crippen LogP contribution in [0.3, 0.4) is 0 Å². The van der Waals surface area contributed by atoms with Gasteiger partial charge in [0.2, 0.25) is 0 Å². The summed E-state index contributed by atoms with van der Waals surface area (Å²) in [4.78, 5) is 4.56. The summed E-state index contributed by atoms with van der Waals surface area (Å²) in [5.41, 5.74) is 1.76. The minimum Gasteiger partial charge on any atom is -0.490 e. The predicted octanol–water partition coefficient (Wildman–Crippen LogP) is 3.77. The normalized spacial score (nSPS) is 13.6. The zero-order valence-corrected chi connectivity index (χ0v) is 15.2. The van der Waals surface area contributed by atoms with Gasteiger partial charge in [-0.2, -0.15) is 0 Å². The van der Waals surface area contributed by atoms with E-state index in [9.17, 15) is 4.39 Å². The van der Waals surface area contributed by atoms with E-state index in [1.54, 1.807) is 12.1 Å². The summed E-state index contributed by atoms with van der Waals surface area (Å²) in [5, 5.41) is 6.45. The summed E-state index contributed by atoms with van der Waals surface area (Å²) < 4.78 is 24.7. The third-order valence-electron chi connectivity index (χ3n) is 3.98. The number of rotatable bonds is 6. The van der Waals surface area contributed by atoms with Crippen LogP contribution in [0.25, 0.3) is 0 Å². The third-order valence-corrected chi connectivity index (χ3v) is 3.98. The number of nitrogens with one attached hydrogen (secondary N) is 2. The zero-order valence-electron chi connectivity index (χ0n) is 15.2. The lowest BCUT2D eigenvalue weighted by molar-refractivity contribution is 0.297. The second-order valence-electron chi connectivity index (χ2n) is 6.12. The van der Waals surface area contributed by atoms with Crippen molar-refractivity contribution in [2.75, 3.05) is 31.6 Å². The van der Waals surface area contributed by atoms with E-state index >= 15 is 0 Å². The SMILES string of the molecule is C=CCNC(=NCCc1cccc(F)c1)Nc1ccc2c(c1)OCCCO2. The van der Waals surface area contributed by atoms with Crippen molar-refractivity contribution in [2.45, 2.75) is 12.8 Å². The number of aliphatic imine (C=N–C) groups is 1. The van der Waals surface area contributed by atoms with E-state index in [0.29, 0.717) is 38.7 Å². The van der Waals surface area contributed by atoms with Crippen molar-refractivity contribution in [2.24, 2.45) is 4.99 Å². The molecule has 27 heavy (non-hydrogen) atoms. The van der Waals surface area contributed by atoms with Crippen LogP contribution in [0.5, 0.6) is 11.5 Å². The van der Waals surface area contributed by atoms with Gasteiger partial charge in [0.25, 0.3) is 0 Å². The molecule has 3 rings (SSSR count). The number of guanidine groups is 1. The Bertz CT molecular complexity index is 808. The number of hydrogen-bond donors (Lipinski definition) is 2. The van der Waals surface area contributed by atoms with E-state index in [-0.39, 0.29) is 5.82 Å². The number of nitrogens with zero attached hydrogens (tertiary/aromatic N) is 1. The topological polar surface area (TPSA) is 54.9 Å². The van der Waals surface area contributed by atoms with Gasteiger partial charge in [-0.1, -0.05) is 18.2 Å². The van der Waals surface area contributed by atoms with Crippen molar-refractivity contribution in [3.8, 4) is 11.5 Å². The van der Waals surface area contributed by atoms with E-state index < -0.39 is 0 Å². The molecule has 0 aromatic heterocycles. The first-order chi connectivity index (χ1) is 13.2. The molecule has 1 heterocycles. The second kappa shape index (κ2) is 9.62. The molecule has 1 aliphatic heterocycles. The van der Waals surface area contributed by atoms with E-state index in [4.69, 9.17) is 9.47 Å². The van der Waals surface area contributed by atoms with Crippen molar-refractivity contribution < 1.29 is 13.9 Å². The maximum Gasteiger partial charge on any atom is 0.196 e. The summed E-state index contributed by atoms with van der Waals surface area (Å²) in [6.07, 6.45) is 3.28. The van der Waals surface area contributed by atoms with E-state index in [0.717, 1.165) is 29.2 Å². The fourth-order valence-corrected chi connectivity index (χ4v) is 2.68. The maximum atomic E-state index is 13.3.